The van der Waals surface area contributed by atoms with Gasteiger partial charge in [-0.05, 0) is 44.4 Å². The normalized spacial score (nSPS) is 19.4. The molecule has 0 heterocycles. The van der Waals surface area contributed by atoms with Gasteiger partial charge in [0.1, 0.15) is 4.32 Å². The van der Waals surface area contributed by atoms with Crippen LogP contribution in [-0.2, 0) is 4.79 Å². The molecule has 0 aromatic carbocycles. The summed E-state index contributed by atoms with van der Waals surface area (Å²) in [5, 5.41) is 2.04. The summed E-state index contributed by atoms with van der Waals surface area (Å²) in [6.45, 7) is 3.72. The van der Waals surface area contributed by atoms with Crippen molar-refractivity contribution >= 4 is 40.3 Å². The minimum atomic E-state index is -0.814. The molecule has 2 bridgehead atoms. The van der Waals surface area contributed by atoms with E-state index in [9.17, 15) is 9.59 Å². The number of fused-ring (bicyclic) bond motifs is 2. The van der Waals surface area contributed by atoms with Crippen molar-refractivity contribution in [3.63, 3.8) is 0 Å². The largest absolute Gasteiger partial charge is 0.351 e. The van der Waals surface area contributed by atoms with E-state index in [2.05, 4.69) is 22.0 Å². The van der Waals surface area contributed by atoms with Gasteiger partial charge in [0.2, 0.25) is 5.91 Å². The van der Waals surface area contributed by atoms with E-state index in [-0.39, 0.29) is 18.3 Å². The number of hydrogen-bond donors (Lipinski definition) is 2. The summed E-state index contributed by atoms with van der Waals surface area (Å²) in [6, 6.07) is -0.814. The quantitative estimate of drug-likeness (QED) is 0.590. The number of rotatable bonds is 3. The van der Waals surface area contributed by atoms with Crippen molar-refractivity contribution < 1.29 is 9.59 Å². The van der Waals surface area contributed by atoms with E-state index >= 15 is 0 Å². The van der Waals surface area contributed by atoms with Gasteiger partial charge in [0.25, 0.3) is 0 Å². The number of alkyl halides is 1. The molecule has 0 aromatic rings. The Hall–Kier alpha value is -0.550. The lowest BCUT2D eigenvalue weighted by Crippen LogP contribution is -2.46. The summed E-state index contributed by atoms with van der Waals surface area (Å²) in [4.78, 5) is 21.6. The molecule has 116 valence electrons. The molecule has 20 heavy (non-hydrogen) atoms. The molecule has 1 saturated carbocycles. The van der Waals surface area contributed by atoms with Gasteiger partial charge in [0, 0.05) is 0 Å². The Kier molecular flexibility index (Phi) is 8.44. The van der Waals surface area contributed by atoms with Crippen LogP contribution in [-0.4, -0.2) is 16.3 Å². The Morgan fingerprint density at radius 1 is 1.45 bits per heavy atom. The summed E-state index contributed by atoms with van der Waals surface area (Å²) in [7, 11) is 0. The number of carbonyl (C=O) groups excluding carboxylic acids is 2. The Morgan fingerprint density at radius 2 is 2.05 bits per heavy atom. The number of allylic oxidation sites excluding steroid dienone is 2. The van der Waals surface area contributed by atoms with E-state index in [1.807, 2.05) is 19.2 Å². The first-order valence-electron chi connectivity index (χ1n) is 6.89. The molecule has 6 heteroatoms. The van der Waals surface area contributed by atoms with E-state index < -0.39 is 10.4 Å². The molecule has 1 unspecified atom stereocenters. The van der Waals surface area contributed by atoms with Crippen molar-refractivity contribution in [3.8, 4) is 0 Å². The number of carbonyl (C=O) groups is 2. The highest BCUT2D eigenvalue weighted by atomic mass is 79.9. The maximum absolute atomic E-state index is 11.3. The van der Waals surface area contributed by atoms with E-state index in [4.69, 9.17) is 5.73 Å². The van der Waals surface area contributed by atoms with Crippen LogP contribution in [0.15, 0.2) is 11.6 Å². The SMILES string of the molecule is C1=C2CCC(C1)C2.CCC(Br)(CC)C(=O)NC(N)=O.Cl. The molecule has 2 aliphatic carbocycles. The molecule has 0 spiro atoms. The fraction of sp³-hybridized carbons (Fsp3) is 0.714. The molecule has 2 aliphatic rings. The van der Waals surface area contributed by atoms with Crippen LogP contribution >= 0.6 is 28.3 Å². The summed E-state index contributed by atoms with van der Waals surface area (Å²) in [5.74, 6) is 0.704. The monoisotopic (exact) mass is 366 g/mol. The van der Waals surface area contributed by atoms with E-state index in [1.54, 1.807) is 5.57 Å². The van der Waals surface area contributed by atoms with Gasteiger partial charge in [0.15, 0.2) is 0 Å². The fourth-order valence-electron chi connectivity index (χ4n) is 2.48. The number of urea groups is 1. The number of primary amides is 1. The first-order chi connectivity index (χ1) is 8.91. The molecular formula is C14H24BrClN2O2. The third-order valence-electron chi connectivity index (χ3n) is 3.93. The highest BCUT2D eigenvalue weighted by Crippen LogP contribution is 2.38. The average molecular weight is 368 g/mol. The number of nitrogens with two attached hydrogens (primary N) is 1. The Bertz CT molecular complexity index is 381. The number of halogens is 2. The molecule has 3 amide bonds. The second-order valence-corrected chi connectivity index (χ2v) is 6.72. The van der Waals surface area contributed by atoms with Crippen molar-refractivity contribution in [2.24, 2.45) is 11.7 Å². The standard InChI is InChI=1S/C7H13BrN2O2.C7H10.ClH/c1-3-7(8,4-2)5(11)10-6(9)12;1-2-7-4-3-6(1)5-7;/h3-4H2,1-2H3,(H3,9,10,11,12);1,7H,2-5H2;1H. The topological polar surface area (TPSA) is 72.2 Å². The van der Waals surface area contributed by atoms with E-state index in [0.717, 1.165) is 5.92 Å². The lowest BCUT2D eigenvalue weighted by molar-refractivity contribution is -0.122. The zero-order valence-electron chi connectivity index (χ0n) is 12.1. The second kappa shape index (κ2) is 8.67. The molecular weight excluding hydrogens is 344 g/mol. The highest BCUT2D eigenvalue weighted by molar-refractivity contribution is 9.10. The lowest BCUT2D eigenvalue weighted by atomic mass is 10.0. The van der Waals surface area contributed by atoms with Gasteiger partial charge in [-0.15, -0.1) is 12.4 Å². The van der Waals surface area contributed by atoms with Crippen LogP contribution in [0.25, 0.3) is 0 Å². The molecule has 3 N–H and O–H groups in total. The second-order valence-electron chi connectivity index (χ2n) is 5.20. The Labute approximate surface area is 135 Å². The average Bonchev–Trinajstić information content (AvgIpc) is 3.02. The summed E-state index contributed by atoms with van der Waals surface area (Å²) in [6.07, 6.45) is 9.41. The van der Waals surface area contributed by atoms with E-state index in [1.165, 1.54) is 25.7 Å². The fourth-order valence-corrected chi connectivity index (χ4v) is 2.58. The maximum atomic E-state index is 11.3. The molecule has 0 saturated heterocycles. The van der Waals surface area contributed by atoms with Gasteiger partial charge in [-0.3, -0.25) is 10.1 Å². The van der Waals surface area contributed by atoms with Crippen molar-refractivity contribution in [1.29, 1.82) is 0 Å². The third-order valence-corrected chi connectivity index (χ3v) is 5.41. The lowest BCUT2D eigenvalue weighted by Gasteiger charge is -2.21. The number of nitrogens with one attached hydrogen (secondary N) is 1. The maximum Gasteiger partial charge on any atom is 0.318 e. The number of imide groups is 1. The highest BCUT2D eigenvalue weighted by Gasteiger charge is 2.32. The molecule has 1 atom stereocenters. The summed E-state index contributed by atoms with van der Waals surface area (Å²) < 4.78 is -0.665. The van der Waals surface area contributed by atoms with Crippen LogP contribution in [0.5, 0.6) is 0 Å². The molecule has 0 aliphatic heterocycles. The Morgan fingerprint density at radius 3 is 2.25 bits per heavy atom. The molecule has 0 radical (unpaired) electrons. The van der Waals surface area contributed by atoms with Gasteiger partial charge in [-0.2, -0.15) is 0 Å². The van der Waals surface area contributed by atoms with Crippen LogP contribution in [0.1, 0.15) is 52.4 Å². The van der Waals surface area contributed by atoms with Crippen LogP contribution < -0.4 is 11.1 Å². The number of amides is 3. The zero-order chi connectivity index (χ0) is 14.5. The van der Waals surface area contributed by atoms with Crippen LogP contribution in [0.2, 0.25) is 0 Å². The molecule has 0 aromatic heterocycles. The number of hydrogen-bond acceptors (Lipinski definition) is 2. The summed E-state index contributed by atoms with van der Waals surface area (Å²) >= 11 is 3.26. The smallest absolute Gasteiger partial charge is 0.318 e. The molecule has 4 nitrogen and oxygen atoms in total. The van der Waals surface area contributed by atoms with Gasteiger partial charge in [-0.1, -0.05) is 41.4 Å². The summed E-state index contributed by atoms with van der Waals surface area (Å²) in [5.41, 5.74) is 6.55. The van der Waals surface area contributed by atoms with Crippen LogP contribution in [0.4, 0.5) is 4.79 Å². The zero-order valence-corrected chi connectivity index (χ0v) is 14.5. The Balaban J connectivity index is 0.000000378. The van der Waals surface area contributed by atoms with Crippen LogP contribution in [0.3, 0.4) is 0 Å². The van der Waals surface area contributed by atoms with Crippen molar-refractivity contribution in [1.82, 2.24) is 5.32 Å². The van der Waals surface area contributed by atoms with Gasteiger partial charge < -0.3 is 5.73 Å². The predicted molar refractivity (Wildman–Crippen MR) is 87.3 cm³/mol. The minimum absolute atomic E-state index is 0. The van der Waals surface area contributed by atoms with Crippen LogP contribution in [0, 0.1) is 5.92 Å². The predicted octanol–water partition coefficient (Wildman–Crippen LogP) is 3.67. The van der Waals surface area contributed by atoms with E-state index in [0.29, 0.717) is 12.8 Å². The molecule has 2 rings (SSSR count). The van der Waals surface area contributed by atoms with Crippen molar-refractivity contribution in [2.75, 3.05) is 0 Å². The first kappa shape index (κ1) is 19.4. The minimum Gasteiger partial charge on any atom is -0.351 e. The first-order valence-corrected chi connectivity index (χ1v) is 7.68. The van der Waals surface area contributed by atoms with Gasteiger partial charge in [0.05, 0.1) is 0 Å². The van der Waals surface area contributed by atoms with Crippen molar-refractivity contribution in [3.05, 3.63) is 11.6 Å². The van der Waals surface area contributed by atoms with Crippen molar-refractivity contribution in [2.45, 2.75) is 56.7 Å². The van der Waals surface area contributed by atoms with Gasteiger partial charge in [-0.25, -0.2) is 4.79 Å². The molecule has 1 fully saturated rings. The third kappa shape index (κ3) is 5.44. The van der Waals surface area contributed by atoms with Gasteiger partial charge >= 0.3 is 6.03 Å².